The maximum Gasteiger partial charge on any atom is 0.407 e. The molecule has 28 heavy (non-hydrogen) atoms. The molecular formula is C20H31NO7. The van der Waals surface area contributed by atoms with Crippen LogP contribution >= 0.6 is 0 Å². The van der Waals surface area contributed by atoms with Crippen molar-refractivity contribution in [3.05, 3.63) is 23.8 Å². The number of hydrogen-bond acceptors (Lipinski definition) is 7. The zero-order valence-electron chi connectivity index (χ0n) is 17.4. The molecule has 0 heterocycles. The fourth-order valence-electron chi connectivity index (χ4n) is 2.46. The van der Waals surface area contributed by atoms with Gasteiger partial charge >= 0.3 is 12.1 Å². The molecule has 0 saturated heterocycles. The quantitative estimate of drug-likeness (QED) is 0.617. The average molecular weight is 397 g/mol. The molecule has 2 N–H and O–H groups in total. The smallest absolute Gasteiger partial charge is 0.407 e. The zero-order valence-corrected chi connectivity index (χ0v) is 17.4. The van der Waals surface area contributed by atoms with E-state index in [2.05, 4.69) is 5.32 Å². The Bertz CT molecular complexity index is 654. The van der Waals surface area contributed by atoms with Crippen molar-refractivity contribution in [3.63, 3.8) is 0 Å². The minimum absolute atomic E-state index is 0.117. The Hall–Kier alpha value is -2.48. The molecular weight excluding hydrogens is 366 g/mol. The number of aliphatic hydroxyl groups excluding tert-OH is 1. The van der Waals surface area contributed by atoms with Gasteiger partial charge in [0.1, 0.15) is 5.60 Å². The molecule has 2 unspecified atom stereocenters. The van der Waals surface area contributed by atoms with Crippen LogP contribution in [0.2, 0.25) is 0 Å². The van der Waals surface area contributed by atoms with E-state index in [1.165, 1.54) is 7.11 Å². The molecule has 0 radical (unpaired) electrons. The van der Waals surface area contributed by atoms with Gasteiger partial charge in [0.15, 0.2) is 17.6 Å². The molecule has 0 fully saturated rings. The predicted molar refractivity (Wildman–Crippen MR) is 104 cm³/mol. The zero-order chi connectivity index (χ0) is 21.3. The number of ether oxygens (including phenoxy) is 4. The highest BCUT2D eigenvalue weighted by Gasteiger charge is 2.31. The van der Waals surface area contributed by atoms with Crippen molar-refractivity contribution >= 4 is 12.1 Å². The number of alkyl carbamates (subject to hydrolysis) is 1. The molecule has 0 spiro atoms. The van der Waals surface area contributed by atoms with Gasteiger partial charge in [0, 0.05) is 0 Å². The Balaban J connectivity index is 3.04. The van der Waals surface area contributed by atoms with E-state index < -0.39 is 29.8 Å². The molecule has 0 bridgehead atoms. The average Bonchev–Trinajstić information content (AvgIpc) is 2.60. The standard InChI is InChI=1S/C20H31NO7/c1-7-26-15-10-9-13(12-16(15)25-6)11-14(17(22)18(23)27-8-2)21-19(24)28-20(3,4)5/h9-10,12,14,17,22H,7-8,11H2,1-6H3,(H,21,24). The third kappa shape index (κ3) is 7.64. The normalized spacial score (nSPS) is 13.2. The van der Waals surface area contributed by atoms with Gasteiger partial charge in [0.2, 0.25) is 0 Å². The number of aliphatic hydroxyl groups is 1. The van der Waals surface area contributed by atoms with Crippen molar-refractivity contribution in [1.82, 2.24) is 5.32 Å². The number of benzene rings is 1. The molecule has 8 nitrogen and oxygen atoms in total. The number of amides is 1. The van der Waals surface area contributed by atoms with Crippen molar-refractivity contribution in [2.45, 2.75) is 58.8 Å². The van der Waals surface area contributed by atoms with Gasteiger partial charge in [-0.25, -0.2) is 9.59 Å². The third-order valence-electron chi connectivity index (χ3n) is 3.59. The number of nitrogens with one attached hydrogen (secondary N) is 1. The Morgan fingerprint density at radius 1 is 1.14 bits per heavy atom. The first-order chi connectivity index (χ1) is 13.1. The number of carbonyl (C=O) groups is 2. The van der Waals surface area contributed by atoms with Gasteiger partial charge in [-0.15, -0.1) is 0 Å². The Morgan fingerprint density at radius 3 is 2.36 bits per heavy atom. The second-order valence-electron chi connectivity index (χ2n) is 7.07. The number of hydrogen-bond donors (Lipinski definition) is 2. The van der Waals surface area contributed by atoms with Crippen LogP contribution in [-0.2, 0) is 20.7 Å². The van der Waals surface area contributed by atoms with Gasteiger partial charge in [0.05, 0.1) is 26.4 Å². The second kappa shape index (κ2) is 10.8. The number of carbonyl (C=O) groups excluding carboxylic acids is 2. The number of methoxy groups -OCH3 is 1. The summed E-state index contributed by atoms with van der Waals surface area (Å²) in [6.07, 6.45) is -2.13. The number of esters is 1. The van der Waals surface area contributed by atoms with Gasteiger partial charge in [-0.3, -0.25) is 0 Å². The van der Waals surface area contributed by atoms with Crippen molar-refractivity contribution in [2.75, 3.05) is 20.3 Å². The molecule has 158 valence electrons. The lowest BCUT2D eigenvalue weighted by atomic mass is 10.0. The summed E-state index contributed by atoms with van der Waals surface area (Å²) in [7, 11) is 1.52. The summed E-state index contributed by atoms with van der Waals surface area (Å²) in [6.45, 7) is 9.27. The fourth-order valence-corrected chi connectivity index (χ4v) is 2.46. The summed E-state index contributed by atoms with van der Waals surface area (Å²) in [6, 6.07) is 4.29. The molecule has 0 aromatic heterocycles. The monoisotopic (exact) mass is 397 g/mol. The predicted octanol–water partition coefficient (Wildman–Crippen LogP) is 2.45. The lowest BCUT2D eigenvalue weighted by molar-refractivity contribution is -0.154. The highest BCUT2D eigenvalue weighted by atomic mass is 16.6. The van der Waals surface area contributed by atoms with Crippen molar-refractivity contribution in [2.24, 2.45) is 0 Å². The Labute approximate surface area is 166 Å². The largest absolute Gasteiger partial charge is 0.493 e. The summed E-state index contributed by atoms with van der Waals surface area (Å²) < 4.78 is 20.9. The minimum Gasteiger partial charge on any atom is -0.493 e. The third-order valence-corrected chi connectivity index (χ3v) is 3.59. The van der Waals surface area contributed by atoms with Gasteiger partial charge in [-0.1, -0.05) is 6.07 Å². The Kier molecular flexibility index (Phi) is 9.05. The molecule has 1 rings (SSSR count). The molecule has 1 aromatic carbocycles. The van der Waals surface area contributed by atoms with Crippen LogP contribution in [0.4, 0.5) is 4.79 Å². The molecule has 0 aliphatic heterocycles. The van der Waals surface area contributed by atoms with Crippen LogP contribution in [0.5, 0.6) is 11.5 Å². The summed E-state index contributed by atoms with van der Waals surface area (Å²) in [4.78, 5) is 24.2. The van der Waals surface area contributed by atoms with Crippen LogP contribution in [0.1, 0.15) is 40.2 Å². The lowest BCUT2D eigenvalue weighted by Gasteiger charge is -2.26. The fraction of sp³-hybridized carbons (Fsp3) is 0.600. The Morgan fingerprint density at radius 2 is 1.82 bits per heavy atom. The van der Waals surface area contributed by atoms with E-state index in [4.69, 9.17) is 18.9 Å². The molecule has 0 aliphatic carbocycles. The maximum absolute atomic E-state index is 12.2. The van der Waals surface area contributed by atoms with Gasteiger partial charge in [-0.05, 0) is 58.7 Å². The van der Waals surface area contributed by atoms with E-state index in [9.17, 15) is 14.7 Å². The van der Waals surface area contributed by atoms with Gasteiger partial charge in [-0.2, -0.15) is 0 Å². The summed E-state index contributed by atoms with van der Waals surface area (Å²) in [5.74, 6) is 0.277. The van der Waals surface area contributed by atoms with E-state index in [1.807, 2.05) is 6.92 Å². The van der Waals surface area contributed by atoms with Crippen molar-refractivity contribution in [1.29, 1.82) is 0 Å². The molecule has 1 aromatic rings. The minimum atomic E-state index is -1.55. The van der Waals surface area contributed by atoms with Gasteiger partial charge in [0.25, 0.3) is 0 Å². The van der Waals surface area contributed by atoms with Crippen molar-refractivity contribution in [3.8, 4) is 11.5 Å². The van der Waals surface area contributed by atoms with E-state index in [-0.39, 0.29) is 13.0 Å². The second-order valence-corrected chi connectivity index (χ2v) is 7.07. The van der Waals surface area contributed by atoms with E-state index in [0.717, 1.165) is 5.56 Å². The molecule has 2 atom stereocenters. The molecule has 8 heteroatoms. The van der Waals surface area contributed by atoms with Crippen LogP contribution in [-0.4, -0.2) is 55.2 Å². The van der Waals surface area contributed by atoms with Crippen LogP contribution in [0.15, 0.2) is 18.2 Å². The first kappa shape index (κ1) is 23.6. The summed E-state index contributed by atoms with van der Waals surface area (Å²) in [5.41, 5.74) is 0.0102. The first-order valence-electron chi connectivity index (χ1n) is 9.25. The van der Waals surface area contributed by atoms with E-state index in [1.54, 1.807) is 45.9 Å². The molecule has 1 amide bonds. The lowest BCUT2D eigenvalue weighted by Crippen LogP contribution is -2.50. The topological polar surface area (TPSA) is 103 Å². The first-order valence-corrected chi connectivity index (χ1v) is 9.25. The summed E-state index contributed by atoms with van der Waals surface area (Å²) >= 11 is 0. The van der Waals surface area contributed by atoms with Crippen LogP contribution in [0.25, 0.3) is 0 Å². The van der Waals surface area contributed by atoms with Crippen LogP contribution < -0.4 is 14.8 Å². The van der Waals surface area contributed by atoms with E-state index >= 15 is 0 Å². The highest BCUT2D eigenvalue weighted by Crippen LogP contribution is 2.28. The maximum atomic E-state index is 12.2. The SMILES string of the molecule is CCOC(=O)C(O)C(Cc1ccc(OCC)c(OC)c1)NC(=O)OC(C)(C)C. The van der Waals surface area contributed by atoms with E-state index in [0.29, 0.717) is 18.1 Å². The van der Waals surface area contributed by atoms with Crippen molar-refractivity contribution < 1.29 is 33.6 Å². The highest BCUT2D eigenvalue weighted by molar-refractivity contribution is 5.77. The molecule has 0 aliphatic rings. The molecule has 0 saturated carbocycles. The van der Waals surface area contributed by atoms with Crippen LogP contribution in [0.3, 0.4) is 0 Å². The number of rotatable bonds is 9. The van der Waals surface area contributed by atoms with Crippen LogP contribution in [0, 0.1) is 0 Å². The summed E-state index contributed by atoms with van der Waals surface area (Å²) in [5, 5.41) is 12.9. The van der Waals surface area contributed by atoms with Gasteiger partial charge < -0.3 is 29.4 Å².